The van der Waals surface area contributed by atoms with Crippen LogP contribution in [0, 0.1) is 11.3 Å². The molecule has 10 heteroatoms. The number of hydrogen-bond donors (Lipinski definition) is 0. The van der Waals surface area contributed by atoms with Crippen LogP contribution in [0.1, 0.15) is 20.3 Å². The van der Waals surface area contributed by atoms with Crippen LogP contribution in [0.15, 0.2) is 0 Å². The highest BCUT2D eigenvalue weighted by Crippen LogP contribution is 2.55. The van der Waals surface area contributed by atoms with E-state index in [9.17, 15) is 39.5 Å². The highest BCUT2D eigenvalue weighted by molar-refractivity contribution is 4.92. The quantitative estimate of drug-likeness (QED) is 0.666. The molecule has 0 aliphatic rings. The van der Waals surface area contributed by atoms with Crippen molar-refractivity contribution in [1.29, 1.82) is 0 Å². The van der Waals surface area contributed by atoms with Gasteiger partial charge in [-0.2, -0.15) is 39.5 Å². The number of alkyl halides is 9. The van der Waals surface area contributed by atoms with Crippen molar-refractivity contribution in [3.05, 3.63) is 0 Å². The van der Waals surface area contributed by atoms with E-state index in [2.05, 4.69) is 4.74 Å². The number of rotatable bonds is 5. The van der Waals surface area contributed by atoms with Crippen molar-refractivity contribution >= 4 is 0 Å². The summed E-state index contributed by atoms with van der Waals surface area (Å²) >= 11 is 0. The lowest BCUT2D eigenvalue weighted by Gasteiger charge is -2.37. The molecule has 0 saturated heterocycles. The molecule has 0 aliphatic carbocycles. The second-order valence-corrected chi connectivity index (χ2v) is 4.43. The van der Waals surface area contributed by atoms with E-state index < -0.39 is 42.9 Å². The Kier molecular flexibility index (Phi) is 5.78. The fourth-order valence-corrected chi connectivity index (χ4v) is 1.41. The van der Waals surface area contributed by atoms with E-state index in [-0.39, 0.29) is 13.5 Å². The molecule has 0 spiro atoms. The lowest BCUT2D eigenvalue weighted by Crippen LogP contribution is -2.50. The van der Waals surface area contributed by atoms with Gasteiger partial charge in [0.15, 0.2) is 5.41 Å². The summed E-state index contributed by atoms with van der Waals surface area (Å²) in [6.45, 7) is -0.499. The first-order chi connectivity index (χ1) is 8.67. The molecule has 1 unspecified atom stereocenters. The van der Waals surface area contributed by atoms with Crippen LogP contribution < -0.4 is 0 Å². The molecule has 0 radical (unpaired) electrons. The Bertz CT molecular complexity index is 287. The standard InChI is InChI=1S/C10H13F9O/c1-3-20-5-6(8(11,12)13)4-7(2,9(14,15)16)10(17,18)19/h6H,3-5H2,1-2H3. The van der Waals surface area contributed by atoms with E-state index >= 15 is 0 Å². The van der Waals surface area contributed by atoms with Crippen LogP contribution in [-0.2, 0) is 4.74 Å². The van der Waals surface area contributed by atoms with Gasteiger partial charge in [0.05, 0.1) is 12.5 Å². The lowest BCUT2D eigenvalue weighted by atomic mass is 9.79. The summed E-state index contributed by atoms with van der Waals surface area (Å²) < 4.78 is 117. The molecule has 122 valence electrons. The van der Waals surface area contributed by atoms with Crippen molar-refractivity contribution in [2.24, 2.45) is 11.3 Å². The molecule has 20 heavy (non-hydrogen) atoms. The number of ether oxygens (including phenoxy) is 1. The molecule has 0 heterocycles. The lowest BCUT2D eigenvalue weighted by molar-refractivity contribution is -0.347. The highest BCUT2D eigenvalue weighted by atomic mass is 19.4. The summed E-state index contributed by atoms with van der Waals surface area (Å²) in [4.78, 5) is 0. The van der Waals surface area contributed by atoms with Gasteiger partial charge in [0.2, 0.25) is 0 Å². The third-order valence-electron chi connectivity index (χ3n) is 2.89. The first kappa shape index (κ1) is 19.3. The van der Waals surface area contributed by atoms with Crippen molar-refractivity contribution < 1.29 is 44.3 Å². The molecular formula is C10H13F9O. The molecule has 0 aliphatic heterocycles. The molecule has 0 aromatic rings. The topological polar surface area (TPSA) is 9.23 Å². The van der Waals surface area contributed by atoms with Crippen molar-refractivity contribution in [2.45, 2.75) is 38.8 Å². The van der Waals surface area contributed by atoms with Gasteiger partial charge in [0, 0.05) is 6.61 Å². The van der Waals surface area contributed by atoms with E-state index in [0.29, 0.717) is 0 Å². The molecule has 0 aromatic heterocycles. The van der Waals surface area contributed by atoms with Gasteiger partial charge in [-0.25, -0.2) is 0 Å². The van der Waals surface area contributed by atoms with Crippen molar-refractivity contribution in [3.63, 3.8) is 0 Å². The molecule has 0 N–H and O–H groups in total. The molecule has 0 fully saturated rings. The predicted molar refractivity (Wildman–Crippen MR) is 50.9 cm³/mol. The second kappa shape index (κ2) is 5.98. The van der Waals surface area contributed by atoms with Crippen LogP contribution in [0.3, 0.4) is 0 Å². The smallest absolute Gasteiger partial charge is 0.381 e. The first-order valence-corrected chi connectivity index (χ1v) is 5.44. The van der Waals surface area contributed by atoms with Gasteiger partial charge >= 0.3 is 18.5 Å². The third kappa shape index (κ3) is 4.42. The van der Waals surface area contributed by atoms with Crippen molar-refractivity contribution in [2.75, 3.05) is 13.2 Å². The summed E-state index contributed by atoms with van der Waals surface area (Å²) in [6.07, 6.45) is -19.1. The van der Waals surface area contributed by atoms with E-state index in [1.54, 1.807) is 0 Å². The maximum absolute atomic E-state index is 12.5. The zero-order valence-electron chi connectivity index (χ0n) is 10.5. The Balaban J connectivity index is 5.42. The molecule has 0 aromatic carbocycles. The van der Waals surface area contributed by atoms with Gasteiger partial charge in [-0.1, -0.05) is 0 Å². The largest absolute Gasteiger partial charge is 0.402 e. The third-order valence-corrected chi connectivity index (χ3v) is 2.89. The molecule has 0 saturated carbocycles. The molecule has 0 rings (SSSR count). The van der Waals surface area contributed by atoms with Gasteiger partial charge in [0.1, 0.15) is 0 Å². The predicted octanol–water partition coefficient (Wildman–Crippen LogP) is 4.72. The van der Waals surface area contributed by atoms with Gasteiger partial charge in [-0.3, -0.25) is 0 Å². The average Bonchev–Trinajstić information content (AvgIpc) is 2.18. The molecule has 0 amide bonds. The Hall–Kier alpha value is -0.670. The Morgan fingerprint density at radius 3 is 1.50 bits per heavy atom. The average molecular weight is 320 g/mol. The summed E-state index contributed by atoms with van der Waals surface area (Å²) in [5.74, 6) is -2.85. The zero-order chi connectivity index (χ0) is 16.4. The molecule has 0 bridgehead atoms. The summed E-state index contributed by atoms with van der Waals surface area (Å²) in [5.41, 5.74) is -4.45. The molecule has 1 atom stereocenters. The second-order valence-electron chi connectivity index (χ2n) is 4.43. The minimum Gasteiger partial charge on any atom is -0.381 e. The molecular weight excluding hydrogens is 307 g/mol. The van der Waals surface area contributed by atoms with Crippen LogP contribution in [0.4, 0.5) is 39.5 Å². The maximum atomic E-state index is 12.5. The van der Waals surface area contributed by atoms with Gasteiger partial charge in [0.25, 0.3) is 0 Å². The van der Waals surface area contributed by atoms with E-state index in [0.717, 1.165) is 0 Å². The van der Waals surface area contributed by atoms with Gasteiger partial charge in [-0.15, -0.1) is 0 Å². The normalized spacial score (nSPS) is 16.4. The van der Waals surface area contributed by atoms with Crippen LogP contribution in [-0.4, -0.2) is 31.7 Å². The zero-order valence-corrected chi connectivity index (χ0v) is 10.5. The van der Waals surface area contributed by atoms with Crippen molar-refractivity contribution in [1.82, 2.24) is 0 Å². The van der Waals surface area contributed by atoms with Crippen LogP contribution >= 0.6 is 0 Å². The number of halogens is 9. The Morgan fingerprint density at radius 1 is 0.850 bits per heavy atom. The van der Waals surface area contributed by atoms with Crippen LogP contribution in [0.5, 0.6) is 0 Å². The fraction of sp³-hybridized carbons (Fsp3) is 1.00. The highest BCUT2D eigenvalue weighted by Gasteiger charge is 2.69. The summed E-state index contributed by atoms with van der Waals surface area (Å²) in [5, 5.41) is 0. The number of hydrogen-bond acceptors (Lipinski definition) is 1. The van der Waals surface area contributed by atoms with Crippen LogP contribution in [0.25, 0.3) is 0 Å². The summed E-state index contributed by atoms with van der Waals surface area (Å²) in [6, 6.07) is 0. The molecule has 1 nitrogen and oxygen atoms in total. The minimum absolute atomic E-state index is 0.249. The fourth-order valence-electron chi connectivity index (χ4n) is 1.41. The SMILES string of the molecule is CCOCC(CC(C)(C(F)(F)F)C(F)(F)F)C(F)(F)F. The summed E-state index contributed by atoms with van der Waals surface area (Å²) in [7, 11) is 0. The Labute approximate surface area is 109 Å². The van der Waals surface area contributed by atoms with Gasteiger partial charge in [-0.05, 0) is 20.3 Å². The maximum Gasteiger partial charge on any atom is 0.402 e. The monoisotopic (exact) mass is 320 g/mol. The first-order valence-electron chi connectivity index (χ1n) is 5.44. The van der Waals surface area contributed by atoms with E-state index in [1.807, 2.05) is 0 Å². The van der Waals surface area contributed by atoms with E-state index in [4.69, 9.17) is 0 Å². The van der Waals surface area contributed by atoms with Gasteiger partial charge < -0.3 is 4.74 Å². The van der Waals surface area contributed by atoms with Crippen LogP contribution in [0.2, 0.25) is 0 Å². The van der Waals surface area contributed by atoms with Crippen molar-refractivity contribution in [3.8, 4) is 0 Å². The van der Waals surface area contributed by atoms with E-state index in [1.165, 1.54) is 6.92 Å². The minimum atomic E-state index is -5.85. The Morgan fingerprint density at radius 2 is 1.25 bits per heavy atom.